The molecule has 0 aliphatic heterocycles. The average molecular weight is 247 g/mol. The van der Waals surface area contributed by atoms with E-state index in [9.17, 15) is 9.90 Å². The van der Waals surface area contributed by atoms with Crippen LogP contribution in [0.2, 0.25) is 0 Å². The number of hydrogen-bond acceptors (Lipinski definition) is 2. The van der Waals surface area contributed by atoms with Gasteiger partial charge in [0.15, 0.2) is 0 Å². The largest absolute Gasteiger partial charge is 0.388 e. The molecule has 2 N–H and O–H groups in total. The zero-order valence-corrected chi connectivity index (χ0v) is 10.9. The van der Waals surface area contributed by atoms with E-state index in [2.05, 4.69) is 5.32 Å². The molecular formula is C15H21NO2. The molecule has 1 saturated carbocycles. The Morgan fingerprint density at radius 3 is 2.72 bits per heavy atom. The Morgan fingerprint density at radius 1 is 1.33 bits per heavy atom. The minimum atomic E-state index is -0.697. The van der Waals surface area contributed by atoms with Crippen LogP contribution in [0, 0.1) is 6.92 Å². The lowest BCUT2D eigenvalue weighted by Crippen LogP contribution is -2.44. The Hall–Kier alpha value is -1.35. The molecule has 1 aliphatic rings. The lowest BCUT2D eigenvalue weighted by Gasteiger charge is -2.32. The molecular weight excluding hydrogens is 226 g/mol. The topological polar surface area (TPSA) is 49.3 Å². The summed E-state index contributed by atoms with van der Waals surface area (Å²) in [5, 5.41) is 13.2. The lowest BCUT2D eigenvalue weighted by atomic mass is 9.85. The predicted molar refractivity (Wildman–Crippen MR) is 71.5 cm³/mol. The summed E-state index contributed by atoms with van der Waals surface area (Å²) in [7, 11) is 0. The number of aryl methyl sites for hydroxylation is 1. The van der Waals surface area contributed by atoms with Crippen molar-refractivity contribution in [3.05, 3.63) is 35.4 Å². The van der Waals surface area contributed by atoms with Crippen LogP contribution in [0.25, 0.3) is 0 Å². The summed E-state index contributed by atoms with van der Waals surface area (Å²) in [5.74, 6) is -0.0994. The van der Waals surface area contributed by atoms with E-state index in [0.717, 1.165) is 31.2 Å². The third-order valence-corrected chi connectivity index (χ3v) is 3.64. The van der Waals surface area contributed by atoms with Crippen molar-refractivity contribution < 1.29 is 9.90 Å². The molecule has 0 radical (unpaired) electrons. The molecule has 0 aromatic heterocycles. The van der Waals surface area contributed by atoms with Crippen molar-refractivity contribution in [3.8, 4) is 0 Å². The number of hydrogen-bond donors (Lipinski definition) is 2. The first kappa shape index (κ1) is 13.1. The predicted octanol–water partition coefficient (Wildman–Crippen LogP) is 2.42. The fourth-order valence-electron chi connectivity index (χ4n) is 2.52. The summed E-state index contributed by atoms with van der Waals surface area (Å²) in [6, 6.07) is 7.50. The highest BCUT2D eigenvalue weighted by Gasteiger charge is 2.29. The first-order chi connectivity index (χ1) is 8.59. The van der Waals surface area contributed by atoms with Crippen molar-refractivity contribution in [2.24, 2.45) is 0 Å². The van der Waals surface area contributed by atoms with Crippen molar-refractivity contribution in [1.29, 1.82) is 0 Å². The van der Waals surface area contributed by atoms with E-state index >= 15 is 0 Å². The monoisotopic (exact) mass is 247 g/mol. The van der Waals surface area contributed by atoms with Crippen LogP contribution in [-0.2, 0) is 0 Å². The van der Waals surface area contributed by atoms with E-state index < -0.39 is 5.60 Å². The Balaban J connectivity index is 1.92. The molecule has 1 aliphatic carbocycles. The van der Waals surface area contributed by atoms with E-state index in [4.69, 9.17) is 0 Å². The van der Waals surface area contributed by atoms with E-state index in [1.54, 1.807) is 6.07 Å². The molecule has 1 aromatic rings. The van der Waals surface area contributed by atoms with Crippen LogP contribution in [0.3, 0.4) is 0 Å². The number of rotatable bonds is 3. The summed E-state index contributed by atoms with van der Waals surface area (Å²) in [6.07, 6.45) is 4.88. The van der Waals surface area contributed by atoms with E-state index in [-0.39, 0.29) is 5.91 Å². The maximum Gasteiger partial charge on any atom is 0.251 e. The van der Waals surface area contributed by atoms with Gasteiger partial charge < -0.3 is 10.4 Å². The molecule has 2 rings (SSSR count). The highest BCUT2D eigenvalue weighted by Crippen LogP contribution is 2.27. The second-order valence-corrected chi connectivity index (χ2v) is 5.34. The SMILES string of the molecule is Cc1cccc(C(=O)NCC2(O)CCCCC2)c1. The Labute approximate surface area is 108 Å². The van der Waals surface area contributed by atoms with Crippen molar-refractivity contribution in [2.75, 3.05) is 6.54 Å². The molecule has 18 heavy (non-hydrogen) atoms. The summed E-state index contributed by atoms with van der Waals surface area (Å²) >= 11 is 0. The molecule has 0 saturated heterocycles. The maximum atomic E-state index is 12.0. The van der Waals surface area contributed by atoms with Crippen LogP contribution in [0.5, 0.6) is 0 Å². The fraction of sp³-hybridized carbons (Fsp3) is 0.533. The summed E-state index contributed by atoms with van der Waals surface area (Å²) in [5.41, 5.74) is 1.03. The number of amides is 1. The summed E-state index contributed by atoms with van der Waals surface area (Å²) in [6.45, 7) is 2.32. The van der Waals surface area contributed by atoms with Crippen LogP contribution < -0.4 is 5.32 Å². The third-order valence-electron chi connectivity index (χ3n) is 3.64. The van der Waals surface area contributed by atoms with Gasteiger partial charge in [0.25, 0.3) is 5.91 Å². The minimum absolute atomic E-state index is 0.0994. The second-order valence-electron chi connectivity index (χ2n) is 5.34. The molecule has 1 aromatic carbocycles. The van der Waals surface area contributed by atoms with Crippen molar-refractivity contribution in [2.45, 2.75) is 44.6 Å². The highest BCUT2D eigenvalue weighted by atomic mass is 16.3. The summed E-state index contributed by atoms with van der Waals surface area (Å²) < 4.78 is 0. The van der Waals surface area contributed by atoms with Gasteiger partial charge in [0.05, 0.1) is 5.60 Å². The quantitative estimate of drug-likeness (QED) is 0.861. The Bertz CT molecular complexity index is 422. The van der Waals surface area contributed by atoms with Gasteiger partial charge in [0, 0.05) is 12.1 Å². The standard InChI is InChI=1S/C15H21NO2/c1-12-6-5-7-13(10-12)14(17)16-11-15(18)8-3-2-4-9-15/h5-7,10,18H,2-4,8-9,11H2,1H3,(H,16,17). The molecule has 0 unspecified atom stereocenters. The van der Waals surface area contributed by atoms with E-state index in [1.165, 1.54) is 6.42 Å². The first-order valence-electron chi connectivity index (χ1n) is 6.66. The molecule has 0 atom stereocenters. The number of carbonyl (C=O) groups is 1. The molecule has 3 nitrogen and oxygen atoms in total. The molecule has 0 heterocycles. The number of benzene rings is 1. The second kappa shape index (κ2) is 5.53. The number of nitrogens with one attached hydrogen (secondary N) is 1. The Kier molecular flexibility index (Phi) is 4.02. The molecule has 0 spiro atoms. The molecule has 0 bridgehead atoms. The van der Waals surface area contributed by atoms with Gasteiger partial charge in [-0.2, -0.15) is 0 Å². The zero-order chi connectivity index (χ0) is 13.0. The third kappa shape index (κ3) is 3.33. The van der Waals surface area contributed by atoms with Gasteiger partial charge in [-0.05, 0) is 31.9 Å². The molecule has 1 amide bonds. The fourth-order valence-corrected chi connectivity index (χ4v) is 2.52. The normalized spacial score (nSPS) is 18.3. The van der Waals surface area contributed by atoms with Crippen LogP contribution in [0.4, 0.5) is 0 Å². The molecule has 1 fully saturated rings. The van der Waals surface area contributed by atoms with Crippen LogP contribution >= 0.6 is 0 Å². The van der Waals surface area contributed by atoms with E-state index in [0.29, 0.717) is 12.1 Å². The van der Waals surface area contributed by atoms with Gasteiger partial charge in [-0.15, -0.1) is 0 Å². The summed E-state index contributed by atoms with van der Waals surface area (Å²) in [4.78, 5) is 12.0. The molecule has 98 valence electrons. The van der Waals surface area contributed by atoms with Crippen molar-refractivity contribution in [3.63, 3.8) is 0 Å². The highest BCUT2D eigenvalue weighted by molar-refractivity contribution is 5.94. The van der Waals surface area contributed by atoms with Gasteiger partial charge in [-0.3, -0.25) is 4.79 Å². The minimum Gasteiger partial charge on any atom is -0.388 e. The average Bonchev–Trinajstić information content (AvgIpc) is 2.37. The van der Waals surface area contributed by atoms with Crippen molar-refractivity contribution >= 4 is 5.91 Å². The number of carbonyl (C=O) groups excluding carboxylic acids is 1. The first-order valence-corrected chi connectivity index (χ1v) is 6.66. The van der Waals surface area contributed by atoms with Gasteiger partial charge in [0.2, 0.25) is 0 Å². The van der Waals surface area contributed by atoms with Crippen LogP contribution in [-0.4, -0.2) is 23.2 Å². The maximum absolute atomic E-state index is 12.0. The van der Waals surface area contributed by atoms with Gasteiger partial charge in [-0.25, -0.2) is 0 Å². The van der Waals surface area contributed by atoms with Gasteiger partial charge in [-0.1, -0.05) is 37.0 Å². The van der Waals surface area contributed by atoms with Crippen molar-refractivity contribution in [1.82, 2.24) is 5.32 Å². The Morgan fingerprint density at radius 2 is 2.06 bits per heavy atom. The lowest BCUT2D eigenvalue weighted by molar-refractivity contribution is 0.00526. The van der Waals surface area contributed by atoms with E-state index in [1.807, 2.05) is 25.1 Å². The van der Waals surface area contributed by atoms with Gasteiger partial charge in [0.1, 0.15) is 0 Å². The molecule has 3 heteroatoms. The zero-order valence-electron chi connectivity index (χ0n) is 10.9. The number of aliphatic hydroxyl groups is 1. The van der Waals surface area contributed by atoms with Gasteiger partial charge >= 0.3 is 0 Å². The van der Waals surface area contributed by atoms with Crippen LogP contribution in [0.1, 0.15) is 48.0 Å². The van der Waals surface area contributed by atoms with Crippen LogP contribution in [0.15, 0.2) is 24.3 Å². The smallest absolute Gasteiger partial charge is 0.251 e.